The van der Waals surface area contributed by atoms with Gasteiger partial charge in [-0.15, -0.1) is 0 Å². The van der Waals surface area contributed by atoms with Gasteiger partial charge in [0.25, 0.3) is 5.91 Å². The summed E-state index contributed by atoms with van der Waals surface area (Å²) in [5.41, 5.74) is 2.73. The molecule has 0 radical (unpaired) electrons. The van der Waals surface area contributed by atoms with Gasteiger partial charge in [0, 0.05) is 13.1 Å². The highest BCUT2D eigenvalue weighted by molar-refractivity contribution is 5.90. The average molecular weight is 311 g/mol. The largest absolute Gasteiger partial charge is 0.494 e. The van der Waals surface area contributed by atoms with Crippen LogP contribution in [0.25, 0.3) is 0 Å². The van der Waals surface area contributed by atoms with Crippen molar-refractivity contribution in [1.29, 1.82) is 0 Å². The SMILES string of the molecule is COc1cnc(C(=O)N2CCC(c3ccccc3C)CC2)nc1. The normalized spacial score (nSPS) is 15.5. The van der Waals surface area contributed by atoms with Crippen LogP contribution in [0, 0.1) is 6.92 Å². The summed E-state index contributed by atoms with van der Waals surface area (Å²) in [5, 5.41) is 0. The highest BCUT2D eigenvalue weighted by Crippen LogP contribution is 2.30. The quantitative estimate of drug-likeness (QED) is 0.874. The van der Waals surface area contributed by atoms with Crippen LogP contribution in [0.15, 0.2) is 36.7 Å². The van der Waals surface area contributed by atoms with Gasteiger partial charge in [-0.1, -0.05) is 24.3 Å². The fraction of sp³-hybridized carbons (Fsp3) is 0.389. The highest BCUT2D eigenvalue weighted by Gasteiger charge is 2.26. The van der Waals surface area contributed by atoms with Crippen molar-refractivity contribution < 1.29 is 9.53 Å². The Morgan fingerprint density at radius 1 is 1.17 bits per heavy atom. The van der Waals surface area contributed by atoms with E-state index in [1.54, 1.807) is 7.11 Å². The summed E-state index contributed by atoms with van der Waals surface area (Å²) in [6, 6.07) is 8.51. The molecular weight excluding hydrogens is 290 g/mol. The number of aromatic nitrogens is 2. The molecule has 2 aromatic rings. The molecule has 0 saturated carbocycles. The Morgan fingerprint density at radius 3 is 2.43 bits per heavy atom. The molecule has 1 amide bonds. The van der Waals surface area contributed by atoms with Crippen molar-refractivity contribution in [1.82, 2.24) is 14.9 Å². The van der Waals surface area contributed by atoms with Crippen molar-refractivity contribution in [2.75, 3.05) is 20.2 Å². The lowest BCUT2D eigenvalue weighted by molar-refractivity contribution is 0.0700. The molecule has 0 atom stereocenters. The van der Waals surface area contributed by atoms with E-state index in [4.69, 9.17) is 4.74 Å². The molecule has 1 fully saturated rings. The second-order valence-corrected chi connectivity index (χ2v) is 5.87. The summed E-state index contributed by atoms with van der Waals surface area (Å²) >= 11 is 0. The van der Waals surface area contributed by atoms with Gasteiger partial charge in [0.05, 0.1) is 19.5 Å². The summed E-state index contributed by atoms with van der Waals surface area (Å²) in [5.74, 6) is 1.22. The van der Waals surface area contributed by atoms with E-state index >= 15 is 0 Å². The van der Waals surface area contributed by atoms with Crippen molar-refractivity contribution in [2.45, 2.75) is 25.7 Å². The first-order chi connectivity index (χ1) is 11.2. The summed E-state index contributed by atoms with van der Waals surface area (Å²) in [6.45, 7) is 3.64. The number of likely N-dealkylation sites (tertiary alicyclic amines) is 1. The van der Waals surface area contributed by atoms with Crippen LogP contribution in [-0.4, -0.2) is 41.0 Å². The molecule has 5 nitrogen and oxygen atoms in total. The zero-order valence-corrected chi connectivity index (χ0v) is 13.5. The van der Waals surface area contributed by atoms with Gasteiger partial charge in [0.1, 0.15) is 0 Å². The Morgan fingerprint density at radius 2 is 1.83 bits per heavy atom. The van der Waals surface area contributed by atoms with Crippen LogP contribution in [0.5, 0.6) is 5.75 Å². The molecule has 0 aliphatic carbocycles. The number of ether oxygens (including phenoxy) is 1. The molecule has 1 aliphatic rings. The predicted molar refractivity (Wildman–Crippen MR) is 87.6 cm³/mol. The Hall–Kier alpha value is -2.43. The lowest BCUT2D eigenvalue weighted by Gasteiger charge is -2.32. The lowest BCUT2D eigenvalue weighted by atomic mass is 9.87. The van der Waals surface area contributed by atoms with E-state index in [9.17, 15) is 4.79 Å². The maximum Gasteiger partial charge on any atom is 0.291 e. The predicted octanol–water partition coefficient (Wildman–Crippen LogP) is 2.81. The fourth-order valence-electron chi connectivity index (χ4n) is 3.11. The van der Waals surface area contributed by atoms with Gasteiger partial charge in [0.15, 0.2) is 5.75 Å². The number of methoxy groups -OCH3 is 1. The molecule has 1 aliphatic heterocycles. The van der Waals surface area contributed by atoms with E-state index in [1.807, 2.05) is 4.90 Å². The van der Waals surface area contributed by atoms with Gasteiger partial charge in [0.2, 0.25) is 5.82 Å². The van der Waals surface area contributed by atoms with E-state index in [0.29, 0.717) is 11.7 Å². The van der Waals surface area contributed by atoms with Crippen molar-refractivity contribution in [2.24, 2.45) is 0 Å². The van der Waals surface area contributed by atoms with E-state index in [2.05, 4.69) is 41.2 Å². The molecule has 2 heterocycles. The van der Waals surface area contributed by atoms with Crippen LogP contribution >= 0.6 is 0 Å². The van der Waals surface area contributed by atoms with Gasteiger partial charge in [-0.05, 0) is 36.8 Å². The molecule has 1 saturated heterocycles. The number of hydrogen-bond donors (Lipinski definition) is 0. The van der Waals surface area contributed by atoms with Gasteiger partial charge >= 0.3 is 0 Å². The lowest BCUT2D eigenvalue weighted by Crippen LogP contribution is -2.38. The van der Waals surface area contributed by atoms with Gasteiger partial charge in [-0.2, -0.15) is 0 Å². The van der Waals surface area contributed by atoms with Crippen molar-refractivity contribution >= 4 is 5.91 Å². The van der Waals surface area contributed by atoms with Gasteiger partial charge in [-0.25, -0.2) is 9.97 Å². The Balaban J connectivity index is 1.64. The van der Waals surface area contributed by atoms with Crippen molar-refractivity contribution in [3.63, 3.8) is 0 Å². The minimum Gasteiger partial charge on any atom is -0.494 e. The molecule has 0 N–H and O–H groups in total. The van der Waals surface area contributed by atoms with E-state index < -0.39 is 0 Å². The first-order valence-corrected chi connectivity index (χ1v) is 7.90. The van der Waals surface area contributed by atoms with Crippen LogP contribution in [-0.2, 0) is 0 Å². The molecule has 1 aromatic heterocycles. The monoisotopic (exact) mass is 311 g/mol. The van der Waals surface area contributed by atoms with Crippen LogP contribution in [0.3, 0.4) is 0 Å². The Bertz CT molecular complexity index is 677. The average Bonchev–Trinajstić information content (AvgIpc) is 2.62. The molecule has 3 rings (SSSR count). The summed E-state index contributed by atoms with van der Waals surface area (Å²) in [4.78, 5) is 22.5. The topological polar surface area (TPSA) is 55.3 Å². The van der Waals surface area contributed by atoms with Crippen LogP contribution in [0.2, 0.25) is 0 Å². The highest BCUT2D eigenvalue weighted by atomic mass is 16.5. The van der Waals surface area contributed by atoms with Gasteiger partial charge in [-0.3, -0.25) is 4.79 Å². The zero-order chi connectivity index (χ0) is 16.2. The third-order valence-corrected chi connectivity index (χ3v) is 4.47. The number of benzene rings is 1. The Labute approximate surface area is 136 Å². The number of aryl methyl sites for hydroxylation is 1. The van der Waals surface area contributed by atoms with Crippen molar-refractivity contribution in [3.05, 3.63) is 53.6 Å². The molecule has 0 unspecified atom stereocenters. The number of piperidine rings is 1. The summed E-state index contributed by atoms with van der Waals surface area (Å²) in [7, 11) is 1.55. The summed E-state index contributed by atoms with van der Waals surface area (Å²) < 4.78 is 5.02. The van der Waals surface area contributed by atoms with E-state index in [0.717, 1.165) is 25.9 Å². The molecule has 120 valence electrons. The first-order valence-electron chi connectivity index (χ1n) is 7.90. The number of hydrogen-bond acceptors (Lipinski definition) is 4. The smallest absolute Gasteiger partial charge is 0.291 e. The minimum absolute atomic E-state index is 0.101. The minimum atomic E-state index is -0.101. The van der Waals surface area contributed by atoms with Crippen LogP contribution < -0.4 is 4.74 Å². The maximum atomic E-state index is 12.5. The van der Waals surface area contributed by atoms with E-state index in [1.165, 1.54) is 23.5 Å². The molecular formula is C18H21N3O2. The number of carbonyl (C=O) groups is 1. The maximum absolute atomic E-state index is 12.5. The van der Waals surface area contributed by atoms with Crippen LogP contribution in [0.1, 0.15) is 40.5 Å². The number of rotatable bonds is 3. The van der Waals surface area contributed by atoms with E-state index in [-0.39, 0.29) is 11.7 Å². The molecule has 0 bridgehead atoms. The second-order valence-electron chi connectivity index (χ2n) is 5.87. The number of amides is 1. The number of nitrogens with zero attached hydrogens (tertiary/aromatic N) is 3. The first kappa shape index (κ1) is 15.5. The Kier molecular flexibility index (Phi) is 4.55. The summed E-state index contributed by atoms with van der Waals surface area (Å²) in [6.07, 6.45) is 5.01. The van der Waals surface area contributed by atoms with Crippen molar-refractivity contribution in [3.8, 4) is 5.75 Å². The second kappa shape index (κ2) is 6.77. The third-order valence-electron chi connectivity index (χ3n) is 4.47. The van der Waals surface area contributed by atoms with Crippen LogP contribution in [0.4, 0.5) is 0 Å². The number of carbonyl (C=O) groups excluding carboxylic acids is 1. The standard InChI is InChI=1S/C18H21N3O2/c1-13-5-3-4-6-16(13)14-7-9-21(10-8-14)18(22)17-19-11-15(23-2)12-20-17/h3-6,11-12,14H,7-10H2,1-2H3. The zero-order valence-electron chi connectivity index (χ0n) is 13.5. The third kappa shape index (κ3) is 3.33. The molecule has 0 spiro atoms. The fourth-order valence-corrected chi connectivity index (χ4v) is 3.11. The molecule has 5 heteroatoms. The van der Waals surface area contributed by atoms with Gasteiger partial charge < -0.3 is 9.64 Å². The molecule has 1 aromatic carbocycles. The molecule has 23 heavy (non-hydrogen) atoms.